The Balaban J connectivity index is 1.85. The summed E-state index contributed by atoms with van der Waals surface area (Å²) >= 11 is 0. The molecule has 0 fully saturated rings. The average Bonchev–Trinajstić information content (AvgIpc) is 3.40. The van der Waals surface area contributed by atoms with Crippen molar-refractivity contribution >= 4 is 39.4 Å². The van der Waals surface area contributed by atoms with Gasteiger partial charge < -0.3 is 14.9 Å². The van der Waals surface area contributed by atoms with Crippen molar-refractivity contribution in [2.75, 3.05) is 5.75 Å². The molecule has 206 valence electrons. The molecular formula is C24H21F6N7OS. The molecule has 1 aromatic carbocycles. The van der Waals surface area contributed by atoms with E-state index in [0.29, 0.717) is 23.5 Å². The lowest BCUT2D eigenvalue weighted by molar-refractivity contribution is -0.289. The van der Waals surface area contributed by atoms with Gasteiger partial charge in [-0.25, -0.2) is 19.3 Å². The standard InChI is InChI=1S/C24H21F6N7OS/c1-4-39(38)22-18(35-19(37(22)3)13(10-31)11-32-16-7-5-15(25)6-8-16)21-34-17-9-14(12-33-20(17)36(21)2)23(26,27)24(28,29)30/h5-12H,4,31H2,1-3H3/b13-10+,32-11?. The lowest BCUT2D eigenvalue weighted by Gasteiger charge is -2.19. The minimum atomic E-state index is -5.82. The molecule has 2 N–H and O–H groups in total. The third kappa shape index (κ3) is 5.05. The lowest BCUT2D eigenvalue weighted by Crippen LogP contribution is -2.33. The highest BCUT2D eigenvalue weighted by molar-refractivity contribution is 7.85. The summed E-state index contributed by atoms with van der Waals surface area (Å²) in [4.78, 5) is 16.8. The van der Waals surface area contributed by atoms with Crippen molar-refractivity contribution < 1.29 is 30.6 Å². The van der Waals surface area contributed by atoms with Crippen LogP contribution in [0, 0.1) is 5.82 Å². The Hall–Kier alpha value is -4.01. The van der Waals surface area contributed by atoms with Crippen LogP contribution in [0.4, 0.5) is 32.0 Å². The zero-order valence-corrected chi connectivity index (χ0v) is 21.5. The highest BCUT2D eigenvalue weighted by Crippen LogP contribution is 2.44. The molecule has 0 aliphatic rings. The molecule has 0 aliphatic heterocycles. The summed E-state index contributed by atoms with van der Waals surface area (Å²) in [5, 5.41) is 0.210. The minimum absolute atomic E-state index is 0.0135. The number of aliphatic imine (C=N–C) groups is 1. The summed E-state index contributed by atoms with van der Waals surface area (Å²) in [6.07, 6.45) is -2.79. The fourth-order valence-corrected chi connectivity index (χ4v) is 4.77. The minimum Gasteiger partial charge on any atom is -0.404 e. The van der Waals surface area contributed by atoms with Gasteiger partial charge in [-0.2, -0.15) is 22.0 Å². The highest BCUT2D eigenvalue weighted by atomic mass is 32.2. The number of hydrogen-bond acceptors (Lipinski definition) is 6. The number of nitrogens with zero attached hydrogens (tertiary/aromatic N) is 6. The average molecular weight is 570 g/mol. The van der Waals surface area contributed by atoms with Crippen LogP contribution < -0.4 is 5.73 Å². The van der Waals surface area contributed by atoms with Crippen LogP contribution in [0.15, 0.2) is 52.7 Å². The number of nitrogens with two attached hydrogens (primary N) is 1. The van der Waals surface area contributed by atoms with Crippen molar-refractivity contribution in [1.29, 1.82) is 0 Å². The summed E-state index contributed by atoms with van der Waals surface area (Å²) in [6, 6.07) is 5.97. The van der Waals surface area contributed by atoms with Crippen molar-refractivity contribution in [1.82, 2.24) is 24.1 Å². The molecule has 0 aliphatic carbocycles. The smallest absolute Gasteiger partial charge is 0.404 e. The van der Waals surface area contributed by atoms with Crippen LogP contribution in [0.1, 0.15) is 18.3 Å². The number of fused-ring (bicyclic) bond motifs is 1. The van der Waals surface area contributed by atoms with Crippen LogP contribution in [0.2, 0.25) is 0 Å². The van der Waals surface area contributed by atoms with E-state index in [1.54, 1.807) is 14.0 Å². The van der Waals surface area contributed by atoms with E-state index in [1.807, 2.05) is 0 Å². The predicted molar refractivity (Wildman–Crippen MR) is 134 cm³/mol. The first-order valence-electron chi connectivity index (χ1n) is 11.2. The van der Waals surface area contributed by atoms with Crippen LogP contribution in [-0.2, 0) is 30.8 Å². The number of pyridine rings is 1. The van der Waals surface area contributed by atoms with Gasteiger partial charge in [0, 0.05) is 38.5 Å². The Labute approximate surface area is 220 Å². The Morgan fingerprint density at radius 3 is 2.36 bits per heavy atom. The second-order valence-corrected chi connectivity index (χ2v) is 9.93. The maximum Gasteiger partial charge on any atom is 0.458 e. The van der Waals surface area contributed by atoms with E-state index in [2.05, 4.69) is 19.9 Å². The van der Waals surface area contributed by atoms with Crippen molar-refractivity contribution in [3.05, 3.63) is 59.9 Å². The molecule has 0 bridgehead atoms. The second-order valence-electron chi connectivity index (χ2n) is 8.27. The van der Waals surface area contributed by atoms with E-state index in [9.17, 15) is 30.6 Å². The molecule has 15 heteroatoms. The summed E-state index contributed by atoms with van der Waals surface area (Å²) in [5.74, 6) is -5.13. The number of benzene rings is 1. The predicted octanol–water partition coefficient (Wildman–Crippen LogP) is 4.99. The summed E-state index contributed by atoms with van der Waals surface area (Å²) < 4.78 is 95.7. The monoisotopic (exact) mass is 569 g/mol. The molecule has 1 unspecified atom stereocenters. The molecule has 39 heavy (non-hydrogen) atoms. The number of alkyl halides is 5. The molecule has 8 nitrogen and oxygen atoms in total. The number of halogens is 6. The van der Waals surface area contributed by atoms with E-state index >= 15 is 0 Å². The molecule has 3 heterocycles. The van der Waals surface area contributed by atoms with Gasteiger partial charge in [0.25, 0.3) is 0 Å². The maximum absolute atomic E-state index is 13.9. The lowest BCUT2D eigenvalue weighted by atomic mass is 10.1. The summed E-state index contributed by atoms with van der Waals surface area (Å²) in [5.41, 5.74) is 5.04. The van der Waals surface area contributed by atoms with E-state index in [-0.39, 0.29) is 39.3 Å². The van der Waals surface area contributed by atoms with Crippen LogP contribution in [0.25, 0.3) is 28.3 Å². The first-order valence-corrected chi connectivity index (χ1v) is 12.6. The molecule has 0 radical (unpaired) electrons. The maximum atomic E-state index is 13.9. The molecule has 4 rings (SSSR count). The van der Waals surface area contributed by atoms with E-state index < -0.39 is 34.3 Å². The quantitative estimate of drug-likeness (QED) is 0.250. The normalized spacial score (nSPS) is 14.0. The Morgan fingerprint density at radius 2 is 1.77 bits per heavy atom. The molecule has 4 aromatic rings. The van der Waals surface area contributed by atoms with Gasteiger partial charge in [0.15, 0.2) is 11.5 Å². The number of aromatic nitrogens is 5. The van der Waals surface area contributed by atoms with Crippen LogP contribution >= 0.6 is 0 Å². The zero-order valence-electron chi connectivity index (χ0n) is 20.7. The highest BCUT2D eigenvalue weighted by Gasteiger charge is 2.59. The number of imidazole rings is 2. The van der Waals surface area contributed by atoms with Crippen molar-refractivity contribution in [3.63, 3.8) is 0 Å². The fourth-order valence-electron chi connectivity index (χ4n) is 3.75. The van der Waals surface area contributed by atoms with Crippen LogP contribution in [-0.4, -0.2) is 46.4 Å². The van der Waals surface area contributed by atoms with Gasteiger partial charge in [0.1, 0.15) is 27.9 Å². The number of rotatable bonds is 7. The largest absolute Gasteiger partial charge is 0.458 e. The third-order valence-corrected chi connectivity index (χ3v) is 7.20. The number of hydrogen-bond donors (Lipinski definition) is 1. The topological polar surface area (TPSA) is 104 Å². The van der Waals surface area contributed by atoms with Gasteiger partial charge in [-0.3, -0.25) is 9.20 Å². The number of allylic oxidation sites excluding steroid dienone is 1. The van der Waals surface area contributed by atoms with Gasteiger partial charge in [-0.05, 0) is 30.3 Å². The van der Waals surface area contributed by atoms with E-state index in [1.165, 1.54) is 52.9 Å². The first-order chi connectivity index (χ1) is 18.3. The van der Waals surface area contributed by atoms with E-state index in [4.69, 9.17) is 5.73 Å². The summed E-state index contributed by atoms with van der Waals surface area (Å²) in [6.45, 7) is 1.67. The van der Waals surface area contributed by atoms with Crippen LogP contribution in [0.5, 0.6) is 0 Å². The molecule has 0 saturated carbocycles. The third-order valence-electron chi connectivity index (χ3n) is 5.78. The Morgan fingerprint density at radius 1 is 1.10 bits per heavy atom. The van der Waals surface area contributed by atoms with Crippen molar-refractivity contribution in [3.8, 4) is 11.5 Å². The van der Waals surface area contributed by atoms with Gasteiger partial charge in [0.05, 0.1) is 27.6 Å². The molecule has 1 atom stereocenters. The molecule has 0 spiro atoms. The van der Waals surface area contributed by atoms with Crippen LogP contribution in [0.3, 0.4) is 0 Å². The SMILES string of the molecule is CCS(=O)c1c(-c2nc3cc(C(F)(F)C(F)(F)F)cnc3n2C)nc(/C(C=Nc2ccc(F)cc2)=C/N)n1C. The molecule has 0 saturated heterocycles. The van der Waals surface area contributed by atoms with Crippen molar-refractivity contribution in [2.24, 2.45) is 24.8 Å². The second kappa shape index (κ2) is 10.3. The van der Waals surface area contributed by atoms with E-state index in [0.717, 1.165) is 0 Å². The zero-order chi connectivity index (χ0) is 28.7. The van der Waals surface area contributed by atoms with Gasteiger partial charge in [0.2, 0.25) is 0 Å². The number of aryl methyl sites for hydroxylation is 1. The fraction of sp³-hybridized carbons (Fsp3) is 0.250. The van der Waals surface area contributed by atoms with Gasteiger partial charge >= 0.3 is 12.1 Å². The van der Waals surface area contributed by atoms with Gasteiger partial charge in [-0.1, -0.05) is 6.92 Å². The van der Waals surface area contributed by atoms with Gasteiger partial charge in [-0.15, -0.1) is 0 Å². The molecule has 0 amide bonds. The molecular weight excluding hydrogens is 548 g/mol. The first kappa shape index (κ1) is 28.0. The Bertz CT molecular complexity index is 1620. The van der Waals surface area contributed by atoms with Crippen molar-refractivity contribution in [2.45, 2.75) is 24.0 Å². The molecule has 3 aromatic heterocycles. The summed E-state index contributed by atoms with van der Waals surface area (Å²) in [7, 11) is 1.44. The Kier molecular flexibility index (Phi) is 7.38.